The zero-order chi connectivity index (χ0) is 21.1. The number of amides is 1. The predicted molar refractivity (Wildman–Crippen MR) is 108 cm³/mol. The van der Waals surface area contributed by atoms with Crippen LogP contribution >= 0.6 is 0 Å². The van der Waals surface area contributed by atoms with Gasteiger partial charge in [-0.05, 0) is 57.6 Å². The van der Waals surface area contributed by atoms with E-state index in [-0.39, 0.29) is 11.9 Å². The second-order valence-corrected chi connectivity index (χ2v) is 6.61. The number of carboxylic acids is 2. The van der Waals surface area contributed by atoms with Crippen LogP contribution < -0.4 is 10.2 Å². The minimum Gasteiger partial charge on any atom is -0.473 e. The highest BCUT2D eigenvalue weighted by Gasteiger charge is 2.29. The molecule has 1 aliphatic rings. The molecule has 0 aromatic heterocycles. The number of nitrogens with zero attached hydrogens (tertiary/aromatic N) is 2. The van der Waals surface area contributed by atoms with E-state index in [9.17, 15) is 4.79 Å². The molecule has 1 heterocycles. The lowest BCUT2D eigenvalue weighted by Crippen LogP contribution is -2.42. The third-order valence-corrected chi connectivity index (χ3v) is 4.66. The van der Waals surface area contributed by atoms with Gasteiger partial charge in [0, 0.05) is 11.7 Å². The van der Waals surface area contributed by atoms with Gasteiger partial charge in [-0.15, -0.1) is 0 Å². The standard InChI is InChI=1S/C18H29N3O.C2H2O4/c1-4-20(5-2)12-8-11-19-14-18(22)21-15(3)13-16-9-6-7-10-17(16)21;3-1(4)2(5)6/h6-7,9-10,15,19H,4-5,8,11-14H2,1-3H3;(H,3,4)(H,5,6). The first kappa shape index (κ1) is 23.6. The molecule has 8 heteroatoms. The first-order valence-electron chi connectivity index (χ1n) is 9.61. The van der Waals surface area contributed by atoms with Crippen LogP contribution in [0.1, 0.15) is 32.8 Å². The minimum absolute atomic E-state index is 0.181. The third kappa shape index (κ3) is 7.28. The molecule has 1 aromatic rings. The number of nitrogens with one attached hydrogen (secondary N) is 1. The van der Waals surface area contributed by atoms with Crippen LogP contribution in [-0.2, 0) is 20.8 Å². The van der Waals surface area contributed by atoms with Gasteiger partial charge in [-0.25, -0.2) is 9.59 Å². The van der Waals surface area contributed by atoms with Crippen molar-refractivity contribution in [3.05, 3.63) is 29.8 Å². The second kappa shape index (κ2) is 12.1. The quantitative estimate of drug-likeness (QED) is 0.453. The molecule has 0 aliphatic carbocycles. The average molecular weight is 393 g/mol. The lowest BCUT2D eigenvalue weighted by atomic mass is 10.1. The number of carbonyl (C=O) groups is 3. The van der Waals surface area contributed by atoms with Crippen molar-refractivity contribution in [1.29, 1.82) is 0 Å². The Morgan fingerprint density at radius 2 is 1.75 bits per heavy atom. The van der Waals surface area contributed by atoms with Gasteiger partial charge >= 0.3 is 11.9 Å². The van der Waals surface area contributed by atoms with Crippen molar-refractivity contribution in [3.63, 3.8) is 0 Å². The van der Waals surface area contributed by atoms with Crippen LogP contribution in [0.4, 0.5) is 5.69 Å². The van der Waals surface area contributed by atoms with E-state index in [1.807, 2.05) is 17.0 Å². The molecule has 8 nitrogen and oxygen atoms in total. The Hall–Kier alpha value is -2.45. The van der Waals surface area contributed by atoms with Gasteiger partial charge in [0.05, 0.1) is 6.54 Å². The Morgan fingerprint density at radius 1 is 1.14 bits per heavy atom. The molecule has 1 aliphatic heterocycles. The highest BCUT2D eigenvalue weighted by atomic mass is 16.4. The fraction of sp³-hybridized carbons (Fsp3) is 0.550. The summed E-state index contributed by atoms with van der Waals surface area (Å²) in [7, 11) is 0. The van der Waals surface area contributed by atoms with E-state index in [1.165, 1.54) is 5.56 Å². The lowest BCUT2D eigenvalue weighted by Gasteiger charge is -2.23. The smallest absolute Gasteiger partial charge is 0.414 e. The van der Waals surface area contributed by atoms with Crippen molar-refractivity contribution in [3.8, 4) is 0 Å². The third-order valence-electron chi connectivity index (χ3n) is 4.66. The topological polar surface area (TPSA) is 110 Å². The Bertz CT molecular complexity index is 649. The summed E-state index contributed by atoms with van der Waals surface area (Å²) in [5.74, 6) is -3.47. The molecule has 1 unspecified atom stereocenters. The van der Waals surface area contributed by atoms with Crippen LogP contribution in [-0.4, -0.2) is 71.7 Å². The Kier molecular flexibility index (Phi) is 10.2. The molecule has 0 saturated heterocycles. The number of carbonyl (C=O) groups excluding carboxylic acids is 1. The van der Waals surface area contributed by atoms with E-state index in [4.69, 9.17) is 19.8 Å². The van der Waals surface area contributed by atoms with Crippen LogP contribution in [0.5, 0.6) is 0 Å². The number of anilines is 1. The van der Waals surface area contributed by atoms with Gasteiger partial charge in [0.2, 0.25) is 5.91 Å². The number of benzene rings is 1. The Balaban J connectivity index is 0.000000568. The molecule has 0 fully saturated rings. The SMILES string of the molecule is CCN(CC)CCCNCC(=O)N1c2ccccc2CC1C.O=C(O)C(=O)O. The van der Waals surface area contributed by atoms with Crippen LogP contribution in [0.3, 0.4) is 0 Å². The zero-order valence-corrected chi connectivity index (χ0v) is 16.9. The Morgan fingerprint density at radius 3 is 2.32 bits per heavy atom. The van der Waals surface area contributed by atoms with Crippen molar-refractivity contribution < 1.29 is 24.6 Å². The number of hydrogen-bond donors (Lipinski definition) is 3. The van der Waals surface area contributed by atoms with Crippen molar-refractivity contribution in [1.82, 2.24) is 10.2 Å². The van der Waals surface area contributed by atoms with E-state index in [1.54, 1.807) is 0 Å². The summed E-state index contributed by atoms with van der Waals surface area (Å²) in [5, 5.41) is 18.1. The van der Waals surface area contributed by atoms with Gasteiger partial charge in [0.25, 0.3) is 0 Å². The molecule has 156 valence electrons. The number of fused-ring (bicyclic) bond motifs is 1. The van der Waals surface area contributed by atoms with Crippen LogP contribution in [0.15, 0.2) is 24.3 Å². The van der Waals surface area contributed by atoms with Crippen molar-refractivity contribution in [2.75, 3.05) is 37.6 Å². The predicted octanol–water partition coefficient (Wildman–Crippen LogP) is 1.44. The van der Waals surface area contributed by atoms with Crippen LogP contribution in [0.25, 0.3) is 0 Å². The van der Waals surface area contributed by atoms with E-state index in [2.05, 4.69) is 43.1 Å². The van der Waals surface area contributed by atoms with E-state index >= 15 is 0 Å². The average Bonchev–Trinajstić information content (AvgIpc) is 3.00. The highest BCUT2D eigenvalue weighted by Crippen LogP contribution is 2.31. The first-order chi connectivity index (χ1) is 13.3. The largest absolute Gasteiger partial charge is 0.473 e. The van der Waals surface area contributed by atoms with E-state index in [0.717, 1.165) is 44.7 Å². The van der Waals surface area contributed by atoms with Gasteiger partial charge < -0.3 is 25.3 Å². The fourth-order valence-electron chi connectivity index (χ4n) is 3.19. The molecule has 0 spiro atoms. The van der Waals surface area contributed by atoms with Gasteiger partial charge in [0.1, 0.15) is 0 Å². The molecule has 0 bridgehead atoms. The molecule has 1 aromatic carbocycles. The van der Waals surface area contributed by atoms with Crippen LogP contribution in [0, 0.1) is 0 Å². The van der Waals surface area contributed by atoms with E-state index < -0.39 is 11.9 Å². The summed E-state index contributed by atoms with van der Waals surface area (Å²) < 4.78 is 0. The molecule has 3 N–H and O–H groups in total. The highest BCUT2D eigenvalue weighted by molar-refractivity contribution is 6.27. The summed E-state index contributed by atoms with van der Waals surface area (Å²) >= 11 is 0. The number of hydrogen-bond acceptors (Lipinski definition) is 5. The normalized spacial score (nSPS) is 15.0. The van der Waals surface area contributed by atoms with Crippen molar-refractivity contribution in [2.24, 2.45) is 0 Å². The van der Waals surface area contributed by atoms with Gasteiger partial charge in [-0.1, -0.05) is 32.0 Å². The molecule has 0 saturated carbocycles. The maximum absolute atomic E-state index is 12.5. The number of rotatable bonds is 8. The number of aliphatic carboxylic acids is 2. The lowest BCUT2D eigenvalue weighted by molar-refractivity contribution is -0.159. The number of carboxylic acid groups (broad SMARTS) is 2. The molecule has 28 heavy (non-hydrogen) atoms. The second-order valence-electron chi connectivity index (χ2n) is 6.61. The summed E-state index contributed by atoms with van der Waals surface area (Å²) in [5.41, 5.74) is 2.37. The van der Waals surface area contributed by atoms with Crippen molar-refractivity contribution in [2.45, 2.75) is 39.7 Å². The van der Waals surface area contributed by atoms with E-state index in [0.29, 0.717) is 6.54 Å². The maximum Gasteiger partial charge on any atom is 0.414 e. The minimum atomic E-state index is -1.82. The summed E-state index contributed by atoms with van der Waals surface area (Å²) in [6.45, 7) is 11.1. The summed E-state index contributed by atoms with van der Waals surface area (Å²) in [4.78, 5) is 35.0. The van der Waals surface area contributed by atoms with Crippen molar-refractivity contribution >= 4 is 23.5 Å². The molecule has 1 atom stereocenters. The maximum atomic E-state index is 12.5. The van der Waals surface area contributed by atoms with Crippen LogP contribution in [0.2, 0.25) is 0 Å². The van der Waals surface area contributed by atoms with Gasteiger partial charge in [0.15, 0.2) is 0 Å². The molecular weight excluding hydrogens is 362 g/mol. The summed E-state index contributed by atoms with van der Waals surface area (Å²) in [6, 6.07) is 8.50. The molecule has 1 amide bonds. The monoisotopic (exact) mass is 393 g/mol. The van der Waals surface area contributed by atoms with Gasteiger partial charge in [-0.2, -0.15) is 0 Å². The molecular formula is C20H31N3O5. The number of para-hydroxylation sites is 1. The molecule has 0 radical (unpaired) electrons. The fourth-order valence-corrected chi connectivity index (χ4v) is 3.19. The Labute approximate surface area is 166 Å². The van der Waals surface area contributed by atoms with Gasteiger partial charge in [-0.3, -0.25) is 4.79 Å². The summed E-state index contributed by atoms with van der Waals surface area (Å²) in [6.07, 6.45) is 2.05. The zero-order valence-electron chi connectivity index (χ0n) is 16.9. The first-order valence-corrected chi connectivity index (χ1v) is 9.61. The molecule has 2 rings (SSSR count).